The third-order valence-corrected chi connectivity index (χ3v) is 4.65. The van der Waals surface area contributed by atoms with Crippen molar-refractivity contribution in [3.05, 3.63) is 53.6 Å². The Morgan fingerprint density at radius 3 is 2.71 bits per heavy atom. The molecule has 1 aliphatic heterocycles. The second kappa shape index (κ2) is 5.00. The van der Waals surface area contributed by atoms with Crippen molar-refractivity contribution in [1.29, 1.82) is 0 Å². The van der Waals surface area contributed by atoms with E-state index >= 15 is 0 Å². The fraction of sp³-hybridized carbons (Fsp3) is 0.143. The first-order chi connectivity index (χ1) is 9.95. The number of nitrogens with one attached hydrogen (secondary N) is 2. The van der Waals surface area contributed by atoms with Crippen LogP contribution in [-0.2, 0) is 16.4 Å². The molecule has 2 aromatic rings. The van der Waals surface area contributed by atoms with Crippen LogP contribution < -0.4 is 10.0 Å². The van der Waals surface area contributed by atoms with Crippen LogP contribution in [0.2, 0.25) is 0 Å². The molecule has 0 saturated carbocycles. The van der Waals surface area contributed by atoms with Gasteiger partial charge in [0.2, 0.25) is 0 Å². The van der Waals surface area contributed by atoms with Crippen molar-refractivity contribution in [2.75, 3.05) is 16.6 Å². The summed E-state index contributed by atoms with van der Waals surface area (Å²) in [7, 11) is -4.17. The predicted molar refractivity (Wildman–Crippen MR) is 75.8 cm³/mol. The van der Waals surface area contributed by atoms with E-state index in [1.165, 1.54) is 0 Å². The third-order valence-electron chi connectivity index (χ3n) is 3.25. The lowest BCUT2D eigenvalue weighted by Crippen LogP contribution is -2.15. The lowest BCUT2D eigenvalue weighted by molar-refractivity contribution is 0.555. The molecule has 1 aliphatic rings. The van der Waals surface area contributed by atoms with Gasteiger partial charge in [-0.1, -0.05) is 0 Å². The van der Waals surface area contributed by atoms with Crippen LogP contribution in [0.1, 0.15) is 5.56 Å². The number of rotatable bonds is 3. The maximum atomic E-state index is 13.6. The van der Waals surface area contributed by atoms with Crippen LogP contribution in [0, 0.1) is 11.6 Å². The maximum Gasteiger partial charge on any atom is 0.264 e. The Kier molecular flexibility index (Phi) is 3.29. The van der Waals surface area contributed by atoms with Crippen molar-refractivity contribution in [2.24, 2.45) is 0 Å². The summed E-state index contributed by atoms with van der Waals surface area (Å²) in [5.74, 6) is -1.80. The standard InChI is InChI=1S/C14H12F2N2O2S/c15-10-1-3-12(16)14(8-10)21(19,20)18-11-2-4-13-9(7-11)5-6-17-13/h1-4,7-8,17-18H,5-6H2. The highest BCUT2D eigenvalue weighted by molar-refractivity contribution is 7.92. The number of hydrogen-bond acceptors (Lipinski definition) is 3. The largest absolute Gasteiger partial charge is 0.384 e. The van der Waals surface area contributed by atoms with E-state index < -0.39 is 26.6 Å². The highest BCUT2D eigenvalue weighted by atomic mass is 32.2. The molecule has 0 radical (unpaired) electrons. The highest BCUT2D eigenvalue weighted by Gasteiger charge is 2.21. The molecule has 0 amide bonds. The van der Waals surface area contributed by atoms with Crippen LogP contribution in [0.25, 0.3) is 0 Å². The van der Waals surface area contributed by atoms with E-state index in [2.05, 4.69) is 10.0 Å². The second-order valence-corrected chi connectivity index (χ2v) is 6.38. The third kappa shape index (κ3) is 2.69. The zero-order chi connectivity index (χ0) is 15.0. The van der Waals surface area contributed by atoms with Gasteiger partial charge in [0.1, 0.15) is 16.5 Å². The van der Waals surface area contributed by atoms with E-state index in [9.17, 15) is 17.2 Å². The van der Waals surface area contributed by atoms with E-state index in [0.29, 0.717) is 11.8 Å². The Balaban J connectivity index is 1.94. The van der Waals surface area contributed by atoms with Gasteiger partial charge in [0.05, 0.1) is 0 Å². The van der Waals surface area contributed by atoms with E-state index in [0.717, 1.165) is 36.3 Å². The van der Waals surface area contributed by atoms with Gasteiger partial charge in [0, 0.05) is 17.9 Å². The minimum atomic E-state index is -4.17. The van der Waals surface area contributed by atoms with Crippen LogP contribution in [0.5, 0.6) is 0 Å². The van der Waals surface area contributed by atoms with Crippen molar-refractivity contribution in [2.45, 2.75) is 11.3 Å². The van der Waals surface area contributed by atoms with Crippen LogP contribution in [-0.4, -0.2) is 15.0 Å². The molecule has 1 heterocycles. The fourth-order valence-corrected chi connectivity index (χ4v) is 3.40. The Bertz CT molecular complexity index is 807. The van der Waals surface area contributed by atoms with E-state index in [4.69, 9.17) is 0 Å². The minimum absolute atomic E-state index is 0.320. The maximum absolute atomic E-state index is 13.6. The molecule has 0 aliphatic carbocycles. The first-order valence-electron chi connectivity index (χ1n) is 6.30. The molecule has 0 bridgehead atoms. The van der Waals surface area contributed by atoms with Crippen LogP contribution >= 0.6 is 0 Å². The lowest BCUT2D eigenvalue weighted by atomic mass is 10.1. The molecule has 4 nitrogen and oxygen atoms in total. The van der Waals surface area contributed by atoms with Crippen molar-refractivity contribution in [1.82, 2.24) is 0 Å². The average molecular weight is 310 g/mol. The summed E-state index contributed by atoms with van der Waals surface area (Å²) >= 11 is 0. The van der Waals surface area contributed by atoms with E-state index in [1.54, 1.807) is 18.2 Å². The molecule has 7 heteroatoms. The normalized spacial score (nSPS) is 13.6. The number of halogens is 2. The molecule has 110 valence electrons. The second-order valence-electron chi connectivity index (χ2n) is 4.73. The summed E-state index contributed by atoms with van der Waals surface area (Å²) in [5, 5.41) is 3.15. The Morgan fingerprint density at radius 1 is 1.10 bits per heavy atom. The van der Waals surface area contributed by atoms with Crippen molar-refractivity contribution in [3.63, 3.8) is 0 Å². The van der Waals surface area contributed by atoms with Gasteiger partial charge in [-0.3, -0.25) is 4.72 Å². The molecule has 3 rings (SSSR count). The van der Waals surface area contributed by atoms with E-state index in [-0.39, 0.29) is 0 Å². The predicted octanol–water partition coefficient (Wildman–Crippen LogP) is 2.73. The molecule has 0 saturated heterocycles. The molecule has 0 spiro atoms. The topological polar surface area (TPSA) is 58.2 Å². The smallest absolute Gasteiger partial charge is 0.264 e. The van der Waals surface area contributed by atoms with Crippen LogP contribution in [0.3, 0.4) is 0 Å². The molecule has 21 heavy (non-hydrogen) atoms. The van der Waals surface area contributed by atoms with Gasteiger partial charge in [0.25, 0.3) is 10.0 Å². The van der Waals surface area contributed by atoms with Gasteiger partial charge in [-0.05, 0) is 48.4 Å². The SMILES string of the molecule is O=S(=O)(Nc1ccc2c(c1)CCN2)c1cc(F)ccc1F. The molecular formula is C14H12F2N2O2S. The Labute approximate surface area is 120 Å². The zero-order valence-electron chi connectivity index (χ0n) is 10.9. The highest BCUT2D eigenvalue weighted by Crippen LogP contribution is 2.27. The summed E-state index contributed by atoms with van der Waals surface area (Å²) in [6.45, 7) is 0.796. The quantitative estimate of drug-likeness (QED) is 0.916. The van der Waals surface area contributed by atoms with Gasteiger partial charge in [-0.15, -0.1) is 0 Å². The monoisotopic (exact) mass is 310 g/mol. The lowest BCUT2D eigenvalue weighted by Gasteiger charge is -2.10. The van der Waals surface area contributed by atoms with Gasteiger partial charge in [0.15, 0.2) is 0 Å². The van der Waals surface area contributed by atoms with E-state index in [1.807, 2.05) is 0 Å². The first-order valence-corrected chi connectivity index (χ1v) is 7.79. The molecular weight excluding hydrogens is 298 g/mol. The van der Waals surface area contributed by atoms with Crippen molar-refractivity contribution in [3.8, 4) is 0 Å². The van der Waals surface area contributed by atoms with Crippen molar-refractivity contribution >= 4 is 21.4 Å². The molecule has 0 atom stereocenters. The van der Waals surface area contributed by atoms with Crippen LogP contribution in [0.4, 0.5) is 20.2 Å². The first kappa shape index (κ1) is 13.8. The Morgan fingerprint density at radius 2 is 1.90 bits per heavy atom. The molecule has 0 unspecified atom stereocenters. The van der Waals surface area contributed by atoms with Gasteiger partial charge in [-0.2, -0.15) is 0 Å². The van der Waals surface area contributed by atoms with Gasteiger partial charge >= 0.3 is 0 Å². The molecule has 2 N–H and O–H groups in total. The summed E-state index contributed by atoms with van der Waals surface area (Å²) in [6.07, 6.45) is 0.791. The summed E-state index contributed by atoms with van der Waals surface area (Å²) in [4.78, 5) is -0.707. The Hall–Kier alpha value is -2.15. The van der Waals surface area contributed by atoms with Crippen molar-refractivity contribution < 1.29 is 17.2 Å². The average Bonchev–Trinajstić information content (AvgIpc) is 2.88. The molecule has 2 aromatic carbocycles. The summed E-state index contributed by atoms with van der Waals surface area (Å²) in [6, 6.07) is 7.33. The summed E-state index contributed by atoms with van der Waals surface area (Å²) in [5.41, 5.74) is 2.26. The summed E-state index contributed by atoms with van der Waals surface area (Å²) < 4.78 is 53.3. The number of benzene rings is 2. The van der Waals surface area contributed by atoms with Gasteiger partial charge < -0.3 is 5.32 Å². The number of fused-ring (bicyclic) bond motifs is 1. The number of sulfonamides is 1. The minimum Gasteiger partial charge on any atom is -0.384 e. The van der Waals surface area contributed by atoms with Gasteiger partial charge in [-0.25, -0.2) is 17.2 Å². The number of hydrogen-bond donors (Lipinski definition) is 2. The number of anilines is 2. The molecule has 0 fully saturated rings. The molecule has 0 aromatic heterocycles. The van der Waals surface area contributed by atoms with Crippen LogP contribution in [0.15, 0.2) is 41.3 Å². The fourth-order valence-electron chi connectivity index (χ4n) is 2.26. The zero-order valence-corrected chi connectivity index (χ0v) is 11.7.